The molecule has 0 fully saturated rings. The van der Waals surface area contributed by atoms with Gasteiger partial charge in [-0.15, -0.1) is 0 Å². The summed E-state index contributed by atoms with van der Waals surface area (Å²) in [6, 6.07) is -1.11. The quantitative estimate of drug-likeness (QED) is 0.435. The van der Waals surface area contributed by atoms with Crippen molar-refractivity contribution >= 4 is 23.7 Å². The van der Waals surface area contributed by atoms with E-state index in [1.165, 1.54) is 0 Å². The molecule has 0 aliphatic heterocycles. The van der Waals surface area contributed by atoms with Gasteiger partial charge in [0, 0.05) is 11.5 Å². The first kappa shape index (κ1) is 23.2. The SMILES string of the molecule is N[C@H](CSCC(=O)[O-])C(=O)[O-].O.[NH4+].[NH4+]. The highest BCUT2D eigenvalue weighted by molar-refractivity contribution is 7.99. The molecule has 0 amide bonds. The number of hydrogen-bond donors (Lipinski definition) is 3. The summed E-state index contributed by atoms with van der Waals surface area (Å²) in [6.07, 6.45) is 0. The average molecular weight is 231 g/mol. The van der Waals surface area contributed by atoms with Crippen LogP contribution in [-0.2, 0) is 9.59 Å². The summed E-state index contributed by atoms with van der Waals surface area (Å²) < 4.78 is 0. The highest BCUT2D eigenvalue weighted by Gasteiger charge is 2.01. The summed E-state index contributed by atoms with van der Waals surface area (Å²) in [4.78, 5) is 19.8. The van der Waals surface area contributed by atoms with Crippen molar-refractivity contribution in [1.82, 2.24) is 12.3 Å². The van der Waals surface area contributed by atoms with Crippen LogP contribution in [0.5, 0.6) is 0 Å². The van der Waals surface area contributed by atoms with Gasteiger partial charge in [0.15, 0.2) is 0 Å². The third-order valence-electron chi connectivity index (χ3n) is 0.820. The van der Waals surface area contributed by atoms with E-state index < -0.39 is 18.0 Å². The van der Waals surface area contributed by atoms with Crippen LogP contribution in [0.1, 0.15) is 0 Å². The molecule has 0 saturated carbocycles. The van der Waals surface area contributed by atoms with Gasteiger partial charge in [0.25, 0.3) is 0 Å². The molecule has 0 unspecified atom stereocenters. The van der Waals surface area contributed by atoms with Crippen LogP contribution < -0.4 is 28.2 Å². The molecule has 8 nitrogen and oxygen atoms in total. The molecular formula is C5H17N3O5S. The maximum Gasteiger partial charge on any atom is 0.0590 e. The first-order chi connectivity index (χ1) is 5.04. The lowest BCUT2D eigenvalue weighted by atomic mass is 10.4. The fourth-order valence-corrected chi connectivity index (χ4v) is 1.01. The second-order valence-corrected chi connectivity index (χ2v) is 2.84. The Bertz CT molecular complexity index is 167. The van der Waals surface area contributed by atoms with E-state index in [9.17, 15) is 19.8 Å². The van der Waals surface area contributed by atoms with Crippen molar-refractivity contribution in [1.29, 1.82) is 0 Å². The van der Waals surface area contributed by atoms with Gasteiger partial charge in [0.2, 0.25) is 0 Å². The number of aliphatic carboxylic acids is 2. The van der Waals surface area contributed by atoms with Crippen LogP contribution >= 0.6 is 11.8 Å². The summed E-state index contributed by atoms with van der Waals surface area (Å²) in [6.45, 7) is 0. The predicted octanol–water partition coefficient (Wildman–Crippen LogP) is -3.53. The molecule has 9 heteroatoms. The van der Waals surface area contributed by atoms with Crippen LogP contribution in [0, 0.1) is 0 Å². The summed E-state index contributed by atoms with van der Waals surface area (Å²) in [5, 5.41) is 19.8. The molecular weight excluding hydrogens is 214 g/mol. The summed E-state index contributed by atoms with van der Waals surface area (Å²) >= 11 is 0.890. The van der Waals surface area contributed by atoms with Gasteiger partial charge in [0.05, 0.1) is 18.0 Å². The third-order valence-corrected chi connectivity index (χ3v) is 1.85. The Balaban J connectivity index is -0.000000167. The first-order valence-corrected chi connectivity index (χ1v) is 3.93. The van der Waals surface area contributed by atoms with Crippen LogP contribution in [0.25, 0.3) is 0 Å². The molecule has 14 heavy (non-hydrogen) atoms. The maximum absolute atomic E-state index is 9.96. The van der Waals surface area contributed by atoms with E-state index in [2.05, 4.69) is 0 Å². The number of rotatable bonds is 5. The topological polar surface area (TPSA) is 211 Å². The van der Waals surface area contributed by atoms with E-state index in [-0.39, 0.29) is 29.3 Å². The van der Waals surface area contributed by atoms with E-state index in [1.54, 1.807) is 0 Å². The van der Waals surface area contributed by atoms with E-state index in [0.29, 0.717) is 0 Å². The number of quaternary nitrogens is 2. The lowest BCUT2D eigenvalue weighted by Crippen LogP contribution is -2.43. The molecule has 0 saturated heterocycles. The van der Waals surface area contributed by atoms with Gasteiger partial charge in [-0.1, -0.05) is 0 Å². The van der Waals surface area contributed by atoms with Crippen molar-refractivity contribution in [3.05, 3.63) is 0 Å². The number of carbonyl (C=O) groups is 2. The highest BCUT2D eigenvalue weighted by atomic mass is 32.2. The van der Waals surface area contributed by atoms with Crippen molar-refractivity contribution in [3.63, 3.8) is 0 Å². The minimum absolute atomic E-state index is 0. The molecule has 0 spiro atoms. The Morgan fingerprint density at radius 1 is 1.29 bits per heavy atom. The van der Waals surface area contributed by atoms with Crippen LogP contribution in [0.2, 0.25) is 0 Å². The fraction of sp³-hybridized carbons (Fsp3) is 0.600. The van der Waals surface area contributed by atoms with Crippen LogP contribution in [-0.4, -0.2) is 35.0 Å². The predicted molar refractivity (Wildman–Crippen MR) is 50.9 cm³/mol. The Morgan fingerprint density at radius 2 is 1.71 bits per heavy atom. The van der Waals surface area contributed by atoms with E-state index >= 15 is 0 Å². The molecule has 0 radical (unpaired) electrons. The van der Waals surface area contributed by atoms with Crippen LogP contribution in [0.3, 0.4) is 0 Å². The van der Waals surface area contributed by atoms with Crippen molar-refractivity contribution in [2.75, 3.05) is 11.5 Å². The van der Waals surface area contributed by atoms with Gasteiger partial charge in [-0.05, 0) is 0 Å². The smallest absolute Gasteiger partial charge is 0.0590 e. The molecule has 0 aromatic carbocycles. The zero-order valence-electron chi connectivity index (χ0n) is 8.11. The number of nitrogens with two attached hydrogens (primary N) is 1. The van der Waals surface area contributed by atoms with Crippen molar-refractivity contribution < 1.29 is 25.3 Å². The zero-order valence-corrected chi connectivity index (χ0v) is 8.93. The lowest BCUT2D eigenvalue weighted by molar-refractivity contribution is -0.307. The third kappa shape index (κ3) is 13.7. The second kappa shape index (κ2) is 12.1. The standard InChI is InChI=1S/C5H9NO4S.2H3N.H2O/c6-3(5(9)10)1-11-2-4(7)8;;;/h3H,1-2,6H2,(H,7,8)(H,9,10);2*1H3;1H2/t3-;;;/m1.../s1. The zero-order chi connectivity index (χ0) is 8.85. The van der Waals surface area contributed by atoms with Crippen LogP contribution in [0.15, 0.2) is 0 Å². The highest BCUT2D eigenvalue weighted by Crippen LogP contribution is 1.99. The molecule has 12 N–H and O–H groups in total. The molecule has 0 aromatic rings. The molecule has 0 aromatic heterocycles. The second-order valence-electron chi connectivity index (χ2n) is 1.81. The first-order valence-electron chi connectivity index (χ1n) is 2.78. The number of carbonyl (C=O) groups excluding carboxylic acids is 2. The molecule has 0 aliphatic rings. The molecule has 1 atom stereocenters. The lowest BCUT2D eigenvalue weighted by Gasteiger charge is -2.11. The largest absolute Gasteiger partial charge is 0.549 e. The van der Waals surface area contributed by atoms with Gasteiger partial charge in [-0.25, -0.2) is 0 Å². The van der Waals surface area contributed by atoms with Crippen LogP contribution in [0.4, 0.5) is 0 Å². The normalized spacial score (nSPS) is 9.79. The van der Waals surface area contributed by atoms with Crippen molar-refractivity contribution in [2.24, 2.45) is 5.73 Å². The molecule has 0 bridgehead atoms. The summed E-state index contributed by atoms with van der Waals surface area (Å²) in [7, 11) is 0. The average Bonchev–Trinajstić information content (AvgIpc) is 1.86. The number of carboxylic acids is 2. The van der Waals surface area contributed by atoms with E-state index in [4.69, 9.17) is 5.73 Å². The van der Waals surface area contributed by atoms with E-state index in [0.717, 1.165) is 11.8 Å². The Morgan fingerprint density at radius 3 is 2.00 bits per heavy atom. The molecule has 0 rings (SSSR count). The minimum atomic E-state index is -1.38. The monoisotopic (exact) mass is 231 g/mol. The Labute approximate surface area is 85.3 Å². The van der Waals surface area contributed by atoms with Gasteiger partial charge in [-0.2, -0.15) is 11.8 Å². The Kier molecular flexibility index (Phi) is 20.1. The van der Waals surface area contributed by atoms with E-state index in [1.807, 2.05) is 0 Å². The maximum atomic E-state index is 9.96. The van der Waals surface area contributed by atoms with Crippen molar-refractivity contribution in [2.45, 2.75) is 6.04 Å². The minimum Gasteiger partial charge on any atom is -0.549 e. The Hall–Kier alpha value is -0.870. The number of thioether (sulfide) groups is 1. The van der Waals surface area contributed by atoms with Gasteiger partial charge < -0.3 is 43.3 Å². The molecule has 0 heterocycles. The van der Waals surface area contributed by atoms with Gasteiger partial charge >= 0.3 is 0 Å². The van der Waals surface area contributed by atoms with Crippen molar-refractivity contribution in [3.8, 4) is 0 Å². The number of carboxylic acid groups (broad SMARTS) is 2. The molecule has 88 valence electrons. The van der Waals surface area contributed by atoms with Gasteiger partial charge in [0.1, 0.15) is 0 Å². The summed E-state index contributed by atoms with van der Waals surface area (Å²) in [5.74, 6) is -2.84. The summed E-state index contributed by atoms with van der Waals surface area (Å²) in [5.41, 5.74) is 5.01. The van der Waals surface area contributed by atoms with Gasteiger partial charge in [-0.3, -0.25) is 0 Å². The molecule has 0 aliphatic carbocycles. The number of hydrogen-bond acceptors (Lipinski definition) is 6. The fourth-order valence-electron chi connectivity index (χ4n) is 0.337.